The number of carbonyl (C=O) groups excluding carboxylic acids is 1. The molecule has 1 heterocycles. The number of hydrogen-bond acceptors (Lipinski definition) is 7. The summed E-state index contributed by atoms with van der Waals surface area (Å²) in [6, 6.07) is 22.5. The number of methoxy groups -OCH3 is 1. The molecule has 0 bridgehead atoms. The topological polar surface area (TPSA) is 90.6 Å². The molecule has 4 rings (SSSR count). The number of hydrogen-bond donors (Lipinski definition) is 1. The molecule has 8 nitrogen and oxygen atoms in total. The number of nitrogens with zero attached hydrogens (tertiary/aromatic N) is 4. The molecule has 0 aliphatic carbocycles. The van der Waals surface area contributed by atoms with Crippen LogP contribution >= 0.6 is 23.4 Å². The number of nitrogens with one attached hydrogen (secondary N) is 1. The van der Waals surface area contributed by atoms with Gasteiger partial charge in [0.05, 0.1) is 25.7 Å². The van der Waals surface area contributed by atoms with Gasteiger partial charge in [-0.05, 0) is 55.0 Å². The van der Waals surface area contributed by atoms with Gasteiger partial charge in [0.1, 0.15) is 0 Å². The highest BCUT2D eigenvalue weighted by Gasteiger charge is 2.17. The predicted molar refractivity (Wildman–Crippen MR) is 142 cm³/mol. The molecule has 0 unspecified atom stereocenters. The van der Waals surface area contributed by atoms with Gasteiger partial charge in [0, 0.05) is 16.3 Å². The van der Waals surface area contributed by atoms with E-state index in [-0.39, 0.29) is 11.7 Å². The fourth-order valence-corrected chi connectivity index (χ4v) is 4.21. The van der Waals surface area contributed by atoms with Gasteiger partial charge in [0.15, 0.2) is 22.5 Å². The fourth-order valence-electron chi connectivity index (χ4n) is 3.34. The Labute approximate surface area is 218 Å². The highest BCUT2D eigenvalue weighted by molar-refractivity contribution is 7.99. The van der Waals surface area contributed by atoms with Gasteiger partial charge in [-0.3, -0.25) is 9.36 Å². The average molecular weight is 522 g/mol. The van der Waals surface area contributed by atoms with Gasteiger partial charge in [-0.25, -0.2) is 5.43 Å². The molecular weight excluding hydrogens is 498 g/mol. The van der Waals surface area contributed by atoms with Crippen LogP contribution in [0, 0.1) is 0 Å². The standard InChI is InChI=1S/C26H24ClN5O3S/c1-3-35-22-14-9-18(15-23(22)34-2)16-28-29-24(33)17-36-26-31-30-25(19-7-5-4-6-8-19)32(26)21-12-10-20(27)11-13-21/h4-16H,3,17H2,1-2H3,(H,29,33). The van der Waals surface area contributed by atoms with Crippen molar-refractivity contribution in [3.05, 3.63) is 83.4 Å². The van der Waals surface area contributed by atoms with E-state index < -0.39 is 0 Å². The first-order chi connectivity index (χ1) is 17.6. The first-order valence-electron chi connectivity index (χ1n) is 11.1. The molecule has 10 heteroatoms. The largest absolute Gasteiger partial charge is 0.493 e. The summed E-state index contributed by atoms with van der Waals surface area (Å²) >= 11 is 7.34. The van der Waals surface area contributed by atoms with E-state index in [4.69, 9.17) is 21.1 Å². The van der Waals surface area contributed by atoms with Crippen LogP contribution < -0.4 is 14.9 Å². The Morgan fingerprint density at radius 3 is 2.58 bits per heavy atom. The molecule has 0 saturated carbocycles. The molecule has 0 radical (unpaired) electrons. The SMILES string of the molecule is CCOc1ccc(C=NNC(=O)CSc2nnc(-c3ccccc3)n2-c2ccc(Cl)cc2)cc1OC. The van der Waals surface area contributed by atoms with E-state index in [2.05, 4.69) is 20.7 Å². The Bertz CT molecular complexity index is 1340. The number of benzene rings is 3. The van der Waals surface area contributed by atoms with E-state index in [0.717, 1.165) is 16.8 Å². The lowest BCUT2D eigenvalue weighted by Crippen LogP contribution is -2.20. The van der Waals surface area contributed by atoms with Gasteiger partial charge < -0.3 is 9.47 Å². The van der Waals surface area contributed by atoms with Crippen molar-refractivity contribution in [2.45, 2.75) is 12.1 Å². The van der Waals surface area contributed by atoms with E-state index in [0.29, 0.717) is 34.1 Å². The van der Waals surface area contributed by atoms with Crippen LogP contribution in [0.2, 0.25) is 5.02 Å². The molecule has 1 N–H and O–H groups in total. The second-order valence-electron chi connectivity index (χ2n) is 7.41. The van der Waals surface area contributed by atoms with Gasteiger partial charge >= 0.3 is 0 Å². The van der Waals surface area contributed by atoms with Gasteiger partial charge in [-0.15, -0.1) is 10.2 Å². The molecule has 1 aromatic heterocycles. The van der Waals surface area contributed by atoms with Crippen molar-refractivity contribution in [3.63, 3.8) is 0 Å². The summed E-state index contributed by atoms with van der Waals surface area (Å²) in [5.74, 6) is 1.74. The molecule has 36 heavy (non-hydrogen) atoms. The molecule has 184 valence electrons. The summed E-state index contributed by atoms with van der Waals surface area (Å²) in [4.78, 5) is 12.5. The number of thioether (sulfide) groups is 1. The van der Waals surface area contributed by atoms with Crippen LogP contribution in [0.1, 0.15) is 12.5 Å². The third kappa shape index (κ3) is 6.24. The Kier molecular flexibility index (Phi) is 8.59. The summed E-state index contributed by atoms with van der Waals surface area (Å²) in [5, 5.41) is 14.0. The highest BCUT2D eigenvalue weighted by atomic mass is 35.5. The Hall–Kier alpha value is -3.82. The molecule has 0 aliphatic heterocycles. The quantitative estimate of drug-likeness (QED) is 0.174. The zero-order chi connectivity index (χ0) is 25.3. The third-order valence-corrected chi connectivity index (χ3v) is 6.15. The van der Waals surface area contributed by atoms with E-state index in [1.807, 2.05) is 60.0 Å². The molecule has 0 atom stereocenters. The lowest BCUT2D eigenvalue weighted by Gasteiger charge is -2.10. The third-order valence-electron chi connectivity index (χ3n) is 4.97. The Morgan fingerprint density at radius 1 is 1.08 bits per heavy atom. The number of hydrazone groups is 1. The van der Waals surface area contributed by atoms with E-state index >= 15 is 0 Å². The zero-order valence-electron chi connectivity index (χ0n) is 19.7. The van der Waals surface area contributed by atoms with Gasteiger partial charge in [-0.1, -0.05) is 53.7 Å². The number of aromatic nitrogens is 3. The van der Waals surface area contributed by atoms with Gasteiger partial charge in [-0.2, -0.15) is 5.10 Å². The van der Waals surface area contributed by atoms with Crippen molar-refractivity contribution < 1.29 is 14.3 Å². The van der Waals surface area contributed by atoms with E-state index in [9.17, 15) is 4.79 Å². The number of amides is 1. The van der Waals surface area contributed by atoms with Crippen LogP contribution in [0.4, 0.5) is 0 Å². The molecular formula is C26H24ClN5O3S. The predicted octanol–water partition coefficient (Wildman–Crippen LogP) is 5.24. The first-order valence-corrected chi connectivity index (χ1v) is 12.5. The summed E-state index contributed by atoms with van der Waals surface area (Å²) in [5.41, 5.74) is 5.06. The Balaban J connectivity index is 1.45. The zero-order valence-corrected chi connectivity index (χ0v) is 21.3. The normalized spacial score (nSPS) is 11.0. The maximum atomic E-state index is 12.5. The van der Waals surface area contributed by atoms with Crippen LogP contribution in [0.15, 0.2) is 83.1 Å². The summed E-state index contributed by atoms with van der Waals surface area (Å²) in [6.45, 7) is 2.44. The lowest BCUT2D eigenvalue weighted by molar-refractivity contribution is -0.118. The van der Waals surface area contributed by atoms with Crippen LogP contribution in [-0.4, -0.2) is 46.4 Å². The molecule has 0 spiro atoms. The molecule has 3 aromatic carbocycles. The summed E-state index contributed by atoms with van der Waals surface area (Å²) < 4.78 is 12.8. The molecule has 0 saturated heterocycles. The van der Waals surface area contributed by atoms with Crippen molar-refractivity contribution >= 4 is 35.5 Å². The summed E-state index contributed by atoms with van der Waals surface area (Å²) in [6.07, 6.45) is 1.55. The average Bonchev–Trinajstić information content (AvgIpc) is 3.33. The van der Waals surface area contributed by atoms with Crippen molar-refractivity contribution in [2.75, 3.05) is 19.5 Å². The van der Waals surface area contributed by atoms with Crippen LogP contribution in [0.25, 0.3) is 17.1 Å². The Morgan fingerprint density at radius 2 is 1.86 bits per heavy atom. The smallest absolute Gasteiger partial charge is 0.250 e. The number of halogens is 1. The van der Waals surface area contributed by atoms with Crippen molar-refractivity contribution in [1.82, 2.24) is 20.2 Å². The van der Waals surface area contributed by atoms with Crippen LogP contribution in [0.5, 0.6) is 11.5 Å². The van der Waals surface area contributed by atoms with Gasteiger partial charge in [0.25, 0.3) is 5.91 Å². The van der Waals surface area contributed by atoms with E-state index in [1.165, 1.54) is 11.8 Å². The minimum absolute atomic E-state index is 0.102. The minimum atomic E-state index is -0.277. The second kappa shape index (κ2) is 12.2. The van der Waals surface area contributed by atoms with Crippen molar-refractivity contribution in [1.29, 1.82) is 0 Å². The maximum Gasteiger partial charge on any atom is 0.250 e. The van der Waals surface area contributed by atoms with Crippen molar-refractivity contribution in [3.8, 4) is 28.6 Å². The van der Waals surface area contributed by atoms with Crippen LogP contribution in [0.3, 0.4) is 0 Å². The van der Waals surface area contributed by atoms with Crippen molar-refractivity contribution in [2.24, 2.45) is 5.10 Å². The first kappa shape index (κ1) is 25.3. The van der Waals surface area contributed by atoms with E-state index in [1.54, 1.807) is 37.6 Å². The maximum absolute atomic E-state index is 12.5. The number of carbonyl (C=O) groups is 1. The van der Waals surface area contributed by atoms with Crippen LogP contribution in [-0.2, 0) is 4.79 Å². The lowest BCUT2D eigenvalue weighted by atomic mass is 10.2. The second-order valence-corrected chi connectivity index (χ2v) is 8.79. The van der Waals surface area contributed by atoms with Gasteiger partial charge in [0.2, 0.25) is 0 Å². The molecule has 0 aliphatic rings. The summed E-state index contributed by atoms with van der Waals surface area (Å²) in [7, 11) is 1.57. The molecule has 4 aromatic rings. The molecule has 1 amide bonds. The fraction of sp³-hybridized carbons (Fsp3) is 0.154. The minimum Gasteiger partial charge on any atom is -0.493 e. The monoisotopic (exact) mass is 521 g/mol. The number of ether oxygens (including phenoxy) is 2. The number of rotatable bonds is 10. The highest BCUT2D eigenvalue weighted by Crippen LogP contribution is 2.29. The molecule has 0 fully saturated rings.